The zero-order chi connectivity index (χ0) is 7.40. The molecule has 1 aliphatic rings. The van der Waals surface area contributed by atoms with Crippen molar-refractivity contribution in [1.82, 2.24) is 0 Å². The topological polar surface area (TPSA) is 20.2 Å². The van der Waals surface area contributed by atoms with Gasteiger partial charge in [-0.1, -0.05) is 19.4 Å². The van der Waals surface area contributed by atoms with Crippen LogP contribution in [0.2, 0.25) is 0 Å². The van der Waals surface area contributed by atoms with Gasteiger partial charge in [0.2, 0.25) is 0 Å². The predicted octanol–water partition coefficient (Wildman–Crippen LogP) is 2.80. The van der Waals surface area contributed by atoms with Crippen LogP contribution in [0.1, 0.15) is 26.2 Å². The Hall–Kier alpha value is -0.720. The molecule has 0 aromatic rings. The van der Waals surface area contributed by atoms with Gasteiger partial charge in [-0.25, -0.2) is 0 Å². The van der Waals surface area contributed by atoms with Gasteiger partial charge in [0.15, 0.2) is 0 Å². The Balaban J connectivity index is 2.37. The molecule has 0 aromatic heterocycles. The molecule has 0 amide bonds. The summed E-state index contributed by atoms with van der Waals surface area (Å²) < 4.78 is 0. The second-order valence-electron chi connectivity index (χ2n) is 2.77. The molecule has 0 aliphatic heterocycles. The van der Waals surface area contributed by atoms with Gasteiger partial charge in [0, 0.05) is 0 Å². The molecule has 0 aromatic carbocycles. The molecule has 0 saturated heterocycles. The molecule has 0 heterocycles. The molecule has 0 fully saturated rings. The van der Waals surface area contributed by atoms with E-state index in [0.29, 0.717) is 11.7 Å². The minimum atomic E-state index is 0.423. The van der Waals surface area contributed by atoms with Crippen LogP contribution in [-0.2, 0) is 0 Å². The fourth-order valence-corrected chi connectivity index (χ4v) is 1.24. The molecule has 1 nitrogen and oxygen atoms in total. The van der Waals surface area contributed by atoms with E-state index in [-0.39, 0.29) is 0 Å². The van der Waals surface area contributed by atoms with Gasteiger partial charge < -0.3 is 5.11 Å². The van der Waals surface area contributed by atoms with Crippen molar-refractivity contribution in [2.75, 3.05) is 0 Å². The largest absolute Gasteiger partial charge is 0.508 e. The van der Waals surface area contributed by atoms with Crippen molar-refractivity contribution in [3.63, 3.8) is 0 Å². The van der Waals surface area contributed by atoms with Gasteiger partial charge >= 0.3 is 0 Å². The molecule has 10 heavy (non-hydrogen) atoms. The Morgan fingerprint density at radius 3 is 3.00 bits per heavy atom. The van der Waals surface area contributed by atoms with Crippen LogP contribution >= 0.6 is 0 Å². The van der Waals surface area contributed by atoms with Crippen molar-refractivity contribution in [2.24, 2.45) is 5.92 Å². The minimum absolute atomic E-state index is 0.423. The standard InChI is InChI=1S/C9H14O/c1-2-3-8-4-6-9(10)7-5-8/h4,6-8,10H,2-3,5H2,1H3. The Morgan fingerprint density at radius 1 is 1.70 bits per heavy atom. The third-order valence-electron chi connectivity index (χ3n) is 1.83. The zero-order valence-corrected chi connectivity index (χ0v) is 6.38. The molecule has 1 rings (SSSR count). The number of aliphatic hydroxyl groups is 1. The van der Waals surface area contributed by atoms with Crippen LogP contribution < -0.4 is 0 Å². The molecule has 1 heteroatoms. The number of rotatable bonds is 2. The summed E-state index contributed by atoms with van der Waals surface area (Å²) in [4.78, 5) is 0. The molecular formula is C9H14O. The third kappa shape index (κ3) is 1.90. The van der Waals surface area contributed by atoms with Crippen LogP contribution in [-0.4, -0.2) is 5.11 Å². The van der Waals surface area contributed by atoms with Crippen LogP contribution in [0.25, 0.3) is 0 Å². The van der Waals surface area contributed by atoms with Crippen LogP contribution in [0.4, 0.5) is 0 Å². The lowest BCUT2D eigenvalue weighted by atomic mass is 9.96. The molecule has 1 aliphatic carbocycles. The van der Waals surface area contributed by atoms with Crippen LogP contribution in [0, 0.1) is 5.92 Å². The average Bonchev–Trinajstić information content (AvgIpc) is 1.95. The maximum atomic E-state index is 8.97. The van der Waals surface area contributed by atoms with E-state index in [9.17, 15) is 0 Å². The summed E-state index contributed by atoms with van der Waals surface area (Å²) in [5, 5.41) is 8.97. The first-order chi connectivity index (χ1) is 4.83. The molecule has 0 spiro atoms. The van der Waals surface area contributed by atoms with Crippen LogP contribution in [0.5, 0.6) is 0 Å². The van der Waals surface area contributed by atoms with E-state index in [1.165, 1.54) is 12.8 Å². The smallest absolute Gasteiger partial charge is 0.111 e. The quantitative estimate of drug-likeness (QED) is 0.622. The Kier molecular flexibility index (Phi) is 2.55. The highest BCUT2D eigenvalue weighted by atomic mass is 16.3. The fourth-order valence-electron chi connectivity index (χ4n) is 1.24. The van der Waals surface area contributed by atoms with E-state index in [1.807, 2.05) is 6.08 Å². The molecule has 1 N–H and O–H groups in total. The zero-order valence-electron chi connectivity index (χ0n) is 6.38. The summed E-state index contributed by atoms with van der Waals surface area (Å²) in [5.41, 5.74) is 0. The minimum Gasteiger partial charge on any atom is -0.508 e. The number of aliphatic hydroxyl groups excluding tert-OH is 1. The second kappa shape index (κ2) is 3.45. The average molecular weight is 138 g/mol. The summed E-state index contributed by atoms with van der Waals surface area (Å²) in [6, 6.07) is 0. The summed E-state index contributed by atoms with van der Waals surface area (Å²) in [6.07, 6.45) is 9.25. The maximum Gasteiger partial charge on any atom is 0.111 e. The van der Waals surface area contributed by atoms with Gasteiger partial charge in [-0.15, -0.1) is 0 Å². The Bertz CT molecular complexity index is 156. The Labute approximate surface area is 62.1 Å². The second-order valence-corrected chi connectivity index (χ2v) is 2.77. The monoisotopic (exact) mass is 138 g/mol. The predicted molar refractivity (Wildman–Crippen MR) is 42.9 cm³/mol. The summed E-state index contributed by atoms with van der Waals surface area (Å²) >= 11 is 0. The summed E-state index contributed by atoms with van der Waals surface area (Å²) in [7, 11) is 0. The van der Waals surface area contributed by atoms with Crippen molar-refractivity contribution in [3.8, 4) is 0 Å². The van der Waals surface area contributed by atoms with E-state index in [0.717, 1.165) is 6.42 Å². The van der Waals surface area contributed by atoms with Crippen LogP contribution in [0.3, 0.4) is 0 Å². The first-order valence-electron chi connectivity index (χ1n) is 3.90. The third-order valence-corrected chi connectivity index (χ3v) is 1.83. The number of allylic oxidation sites excluding steroid dienone is 3. The van der Waals surface area contributed by atoms with Gasteiger partial charge in [0.05, 0.1) is 0 Å². The summed E-state index contributed by atoms with van der Waals surface area (Å²) in [5.74, 6) is 1.09. The molecule has 0 bridgehead atoms. The summed E-state index contributed by atoms with van der Waals surface area (Å²) in [6.45, 7) is 2.19. The maximum absolute atomic E-state index is 8.97. The molecule has 0 radical (unpaired) electrons. The molecule has 1 unspecified atom stereocenters. The van der Waals surface area contributed by atoms with Gasteiger partial charge in [0.1, 0.15) is 5.76 Å². The highest BCUT2D eigenvalue weighted by Crippen LogP contribution is 2.18. The normalized spacial score (nSPS) is 24.5. The molecular weight excluding hydrogens is 124 g/mol. The van der Waals surface area contributed by atoms with Gasteiger partial charge in [-0.2, -0.15) is 0 Å². The highest BCUT2D eigenvalue weighted by Gasteiger charge is 2.05. The van der Waals surface area contributed by atoms with Gasteiger partial charge in [-0.3, -0.25) is 0 Å². The lowest BCUT2D eigenvalue weighted by molar-refractivity contribution is 0.418. The lowest BCUT2D eigenvalue weighted by Gasteiger charge is -2.11. The fraction of sp³-hybridized carbons (Fsp3) is 0.556. The SMILES string of the molecule is CCCC1C=CC(O)=CC1. The van der Waals surface area contributed by atoms with Crippen molar-refractivity contribution in [3.05, 3.63) is 24.0 Å². The molecule has 1 atom stereocenters. The van der Waals surface area contributed by atoms with Crippen molar-refractivity contribution in [1.29, 1.82) is 0 Å². The van der Waals surface area contributed by atoms with Gasteiger partial charge in [0.25, 0.3) is 0 Å². The number of hydrogen-bond donors (Lipinski definition) is 1. The van der Waals surface area contributed by atoms with E-state index in [1.54, 1.807) is 6.08 Å². The molecule has 0 saturated carbocycles. The van der Waals surface area contributed by atoms with E-state index in [4.69, 9.17) is 5.11 Å². The van der Waals surface area contributed by atoms with Crippen molar-refractivity contribution >= 4 is 0 Å². The highest BCUT2D eigenvalue weighted by molar-refractivity contribution is 5.16. The first-order valence-corrected chi connectivity index (χ1v) is 3.90. The Morgan fingerprint density at radius 2 is 2.50 bits per heavy atom. The van der Waals surface area contributed by atoms with Crippen LogP contribution in [0.15, 0.2) is 24.0 Å². The lowest BCUT2D eigenvalue weighted by Crippen LogP contribution is -1.98. The van der Waals surface area contributed by atoms with E-state index >= 15 is 0 Å². The van der Waals surface area contributed by atoms with Crippen molar-refractivity contribution < 1.29 is 5.11 Å². The molecule has 56 valence electrons. The van der Waals surface area contributed by atoms with Gasteiger partial charge in [-0.05, 0) is 30.9 Å². The van der Waals surface area contributed by atoms with E-state index < -0.39 is 0 Å². The first kappa shape index (κ1) is 7.39. The van der Waals surface area contributed by atoms with Crippen molar-refractivity contribution in [2.45, 2.75) is 26.2 Å². The number of hydrogen-bond acceptors (Lipinski definition) is 1. The van der Waals surface area contributed by atoms with E-state index in [2.05, 4.69) is 13.0 Å².